The minimum atomic E-state index is 0.256. The maximum absolute atomic E-state index is 6.03. The highest BCUT2D eigenvalue weighted by Crippen LogP contribution is 2.40. The summed E-state index contributed by atoms with van der Waals surface area (Å²) in [6, 6.07) is 15.1. The third-order valence-corrected chi connectivity index (χ3v) is 4.91. The Morgan fingerprint density at radius 1 is 1.04 bits per heavy atom. The van der Waals surface area contributed by atoms with E-state index in [1.54, 1.807) is 6.33 Å². The van der Waals surface area contributed by atoms with Gasteiger partial charge in [0.15, 0.2) is 5.82 Å². The number of unbranched alkanes of at least 4 members (excludes halogenated alkanes) is 1. The molecule has 1 aliphatic heterocycles. The number of nitrogens with two attached hydrogens (primary N) is 1. The minimum Gasteiger partial charge on any atom is -0.382 e. The molecule has 0 saturated carbocycles. The fourth-order valence-electron chi connectivity index (χ4n) is 3.59. The molecule has 0 fully saturated rings. The number of hydrogen-bond acceptors (Lipinski definition) is 4. The Bertz CT molecular complexity index is 946. The molecule has 2 heterocycles. The average Bonchev–Trinajstić information content (AvgIpc) is 2.98. The van der Waals surface area contributed by atoms with Crippen LogP contribution >= 0.6 is 0 Å². The maximum atomic E-state index is 6.03. The van der Waals surface area contributed by atoms with Crippen LogP contribution in [0.2, 0.25) is 0 Å². The van der Waals surface area contributed by atoms with Crippen LogP contribution in [0.25, 0.3) is 10.8 Å². The summed E-state index contributed by atoms with van der Waals surface area (Å²) in [5.74, 6) is 0.742. The van der Waals surface area contributed by atoms with Crippen molar-refractivity contribution in [2.24, 2.45) is 4.99 Å². The molecule has 126 valence electrons. The van der Waals surface area contributed by atoms with Gasteiger partial charge in [-0.25, -0.2) is 9.97 Å². The van der Waals surface area contributed by atoms with Gasteiger partial charge in [0.05, 0.1) is 5.69 Å². The normalized spacial score (nSPS) is 16.0. The van der Waals surface area contributed by atoms with Crippen LogP contribution in [0.4, 0.5) is 11.5 Å². The Hall–Kier alpha value is -2.75. The van der Waals surface area contributed by atoms with Gasteiger partial charge in [0, 0.05) is 18.1 Å². The molecule has 0 amide bonds. The number of hydrogen-bond donors (Lipinski definition) is 1. The molecule has 0 spiro atoms. The van der Waals surface area contributed by atoms with Gasteiger partial charge in [0.1, 0.15) is 12.0 Å². The van der Waals surface area contributed by atoms with Crippen molar-refractivity contribution in [3.63, 3.8) is 0 Å². The van der Waals surface area contributed by atoms with Crippen LogP contribution in [0, 0.1) is 0 Å². The van der Waals surface area contributed by atoms with Crippen LogP contribution in [0.5, 0.6) is 0 Å². The largest absolute Gasteiger partial charge is 0.382 e. The first-order valence-corrected chi connectivity index (χ1v) is 8.91. The van der Waals surface area contributed by atoms with Crippen LogP contribution in [0.3, 0.4) is 0 Å². The molecule has 0 aliphatic carbocycles. The zero-order valence-electron chi connectivity index (χ0n) is 14.4. The lowest BCUT2D eigenvalue weighted by Crippen LogP contribution is -2.13. The first-order valence-electron chi connectivity index (χ1n) is 8.91. The number of nitrogen functional groups attached to an aromatic ring is 1. The lowest BCUT2D eigenvalue weighted by molar-refractivity contribution is 0.675. The second kappa shape index (κ2) is 6.63. The second-order valence-corrected chi connectivity index (χ2v) is 6.65. The zero-order valence-corrected chi connectivity index (χ0v) is 14.4. The van der Waals surface area contributed by atoms with Crippen molar-refractivity contribution in [1.29, 1.82) is 0 Å². The molecule has 1 unspecified atom stereocenters. The van der Waals surface area contributed by atoms with E-state index in [0.717, 1.165) is 42.8 Å². The predicted molar refractivity (Wildman–Crippen MR) is 103 cm³/mol. The quantitative estimate of drug-likeness (QED) is 0.730. The maximum Gasteiger partial charge on any atom is 0.153 e. The number of benzene rings is 2. The number of fused-ring (bicyclic) bond motifs is 2. The summed E-state index contributed by atoms with van der Waals surface area (Å²) in [5.41, 5.74) is 10.2. The highest BCUT2D eigenvalue weighted by Gasteiger charge is 2.29. The first kappa shape index (κ1) is 15.8. The van der Waals surface area contributed by atoms with Crippen LogP contribution in [0.15, 0.2) is 53.8 Å². The summed E-state index contributed by atoms with van der Waals surface area (Å²) in [5, 5.41) is 2.53. The second-order valence-electron chi connectivity index (χ2n) is 6.65. The van der Waals surface area contributed by atoms with Crippen molar-refractivity contribution in [3.8, 4) is 0 Å². The summed E-state index contributed by atoms with van der Waals surface area (Å²) in [4.78, 5) is 13.4. The van der Waals surface area contributed by atoms with E-state index in [4.69, 9.17) is 10.7 Å². The molecule has 2 N–H and O–H groups in total. The van der Waals surface area contributed by atoms with Gasteiger partial charge < -0.3 is 5.73 Å². The van der Waals surface area contributed by atoms with Gasteiger partial charge in [-0.1, -0.05) is 62.2 Å². The molecule has 4 rings (SSSR count). The molecule has 4 heteroatoms. The molecule has 1 atom stereocenters. The fraction of sp³-hybridized carbons (Fsp3) is 0.286. The van der Waals surface area contributed by atoms with E-state index in [1.165, 1.54) is 16.3 Å². The van der Waals surface area contributed by atoms with Crippen LogP contribution < -0.4 is 5.73 Å². The van der Waals surface area contributed by atoms with Gasteiger partial charge in [-0.05, 0) is 22.8 Å². The highest BCUT2D eigenvalue weighted by atomic mass is 15.0. The van der Waals surface area contributed by atoms with Gasteiger partial charge in [-0.15, -0.1) is 0 Å². The van der Waals surface area contributed by atoms with Gasteiger partial charge in [-0.2, -0.15) is 0 Å². The van der Waals surface area contributed by atoms with Crippen molar-refractivity contribution in [2.45, 2.75) is 38.5 Å². The number of aliphatic imine (C=N–C) groups is 1. The Morgan fingerprint density at radius 2 is 1.88 bits per heavy atom. The number of nitrogens with zero attached hydrogens (tertiary/aromatic N) is 3. The monoisotopic (exact) mass is 330 g/mol. The molecule has 0 bridgehead atoms. The van der Waals surface area contributed by atoms with E-state index >= 15 is 0 Å². The van der Waals surface area contributed by atoms with Crippen molar-refractivity contribution in [1.82, 2.24) is 9.97 Å². The van der Waals surface area contributed by atoms with E-state index in [2.05, 4.69) is 59.4 Å². The molecular weight excluding hydrogens is 308 g/mol. The number of aromatic nitrogens is 2. The SMILES string of the molecule is CCCCC1C(Cc2ccc3ccccc3c2)=Nc2c(N)ncnc21. The van der Waals surface area contributed by atoms with E-state index in [9.17, 15) is 0 Å². The summed E-state index contributed by atoms with van der Waals surface area (Å²) in [7, 11) is 0. The molecule has 2 aromatic carbocycles. The smallest absolute Gasteiger partial charge is 0.153 e. The summed E-state index contributed by atoms with van der Waals surface area (Å²) >= 11 is 0. The lowest BCUT2D eigenvalue weighted by Gasteiger charge is -2.14. The van der Waals surface area contributed by atoms with Crippen molar-refractivity contribution >= 4 is 28.0 Å². The van der Waals surface area contributed by atoms with Gasteiger partial charge in [-0.3, -0.25) is 4.99 Å². The number of rotatable bonds is 5. The summed E-state index contributed by atoms with van der Waals surface area (Å²) in [6.45, 7) is 2.21. The summed E-state index contributed by atoms with van der Waals surface area (Å²) < 4.78 is 0. The third-order valence-electron chi connectivity index (χ3n) is 4.91. The van der Waals surface area contributed by atoms with Crippen LogP contribution in [0.1, 0.15) is 43.4 Å². The summed E-state index contributed by atoms with van der Waals surface area (Å²) in [6.07, 6.45) is 5.77. The topological polar surface area (TPSA) is 64.2 Å². The standard InChI is InChI=1S/C21H22N4/c1-2-3-8-17-18(25-20-19(17)23-13-24-21(20)22)12-14-9-10-15-6-4-5-7-16(15)11-14/h4-7,9-11,13,17H,2-3,8,12H2,1H3,(H2,22,23,24). The van der Waals surface area contributed by atoms with E-state index in [-0.39, 0.29) is 5.92 Å². The lowest BCUT2D eigenvalue weighted by atomic mass is 9.90. The van der Waals surface area contributed by atoms with Crippen molar-refractivity contribution in [3.05, 3.63) is 60.0 Å². The molecule has 1 aromatic heterocycles. The molecule has 3 aromatic rings. The first-order chi connectivity index (χ1) is 12.3. The van der Waals surface area contributed by atoms with Gasteiger partial charge in [0.25, 0.3) is 0 Å². The van der Waals surface area contributed by atoms with E-state index < -0.39 is 0 Å². The fourth-order valence-corrected chi connectivity index (χ4v) is 3.59. The predicted octanol–water partition coefficient (Wildman–Crippen LogP) is 4.81. The Morgan fingerprint density at radius 3 is 2.72 bits per heavy atom. The molecule has 4 nitrogen and oxygen atoms in total. The molecule has 0 saturated heterocycles. The van der Waals surface area contributed by atoms with Gasteiger partial charge in [0.2, 0.25) is 0 Å². The van der Waals surface area contributed by atoms with Crippen molar-refractivity contribution in [2.75, 3.05) is 5.73 Å². The average molecular weight is 330 g/mol. The van der Waals surface area contributed by atoms with E-state index in [1.807, 2.05) is 0 Å². The minimum absolute atomic E-state index is 0.256. The van der Waals surface area contributed by atoms with E-state index in [0.29, 0.717) is 5.82 Å². The Balaban J connectivity index is 1.67. The van der Waals surface area contributed by atoms with Crippen LogP contribution in [-0.2, 0) is 6.42 Å². The third kappa shape index (κ3) is 3.00. The van der Waals surface area contributed by atoms with Crippen LogP contribution in [-0.4, -0.2) is 15.7 Å². The Kier molecular flexibility index (Phi) is 4.18. The van der Waals surface area contributed by atoms with Gasteiger partial charge >= 0.3 is 0 Å². The molecule has 1 aliphatic rings. The Labute approximate surface area is 147 Å². The highest BCUT2D eigenvalue weighted by molar-refractivity contribution is 6.00. The molecule has 25 heavy (non-hydrogen) atoms. The molecular formula is C21H22N4. The number of anilines is 1. The molecule has 0 radical (unpaired) electrons. The zero-order chi connectivity index (χ0) is 17.2. The van der Waals surface area contributed by atoms with Crippen molar-refractivity contribution < 1.29 is 0 Å².